The summed E-state index contributed by atoms with van der Waals surface area (Å²) in [6.07, 6.45) is 0. The van der Waals surface area contributed by atoms with Gasteiger partial charge < -0.3 is 10.4 Å². The van der Waals surface area contributed by atoms with E-state index in [0.29, 0.717) is 12.1 Å². The summed E-state index contributed by atoms with van der Waals surface area (Å²) >= 11 is 3.42. The molecule has 0 fully saturated rings. The Kier molecular flexibility index (Phi) is 9.14. The molecule has 2 aromatic carbocycles. The van der Waals surface area contributed by atoms with Crippen molar-refractivity contribution in [3.8, 4) is 5.75 Å². The van der Waals surface area contributed by atoms with Gasteiger partial charge in [0.05, 0.1) is 12.2 Å². The van der Waals surface area contributed by atoms with Gasteiger partial charge in [-0.3, -0.25) is 0 Å². The highest BCUT2D eigenvalue weighted by atomic mass is 79.9. The van der Waals surface area contributed by atoms with Gasteiger partial charge in [-0.2, -0.15) is 0 Å². The fourth-order valence-corrected chi connectivity index (χ4v) is 2.78. The van der Waals surface area contributed by atoms with Gasteiger partial charge >= 0.3 is 0 Å². The maximum atomic E-state index is 10.2. The number of hydrogen-bond donors (Lipinski definition) is 2. The van der Waals surface area contributed by atoms with Gasteiger partial charge in [-0.25, -0.2) is 4.98 Å². The molecule has 26 heavy (non-hydrogen) atoms. The van der Waals surface area contributed by atoms with Crippen molar-refractivity contribution in [3.05, 3.63) is 63.8 Å². The number of aromatic hydroxyl groups is 1. The molecule has 0 aliphatic carbocycles. The number of fused-ring (bicyclic) bond motifs is 1. The first-order chi connectivity index (χ1) is 12.5. The molecule has 0 saturated heterocycles. The van der Waals surface area contributed by atoms with Gasteiger partial charge in [0.25, 0.3) is 0 Å². The van der Waals surface area contributed by atoms with Crippen molar-refractivity contribution in [2.45, 2.75) is 48.1 Å². The van der Waals surface area contributed by atoms with Gasteiger partial charge in [0.15, 0.2) is 0 Å². The highest BCUT2D eigenvalue weighted by molar-refractivity contribution is 9.10. The van der Waals surface area contributed by atoms with Crippen molar-refractivity contribution in [1.82, 2.24) is 4.98 Å². The molecule has 1 aromatic heterocycles. The molecule has 0 radical (unpaired) electrons. The highest BCUT2D eigenvalue weighted by Crippen LogP contribution is 2.29. The van der Waals surface area contributed by atoms with Gasteiger partial charge in [0, 0.05) is 15.5 Å². The van der Waals surface area contributed by atoms with Crippen molar-refractivity contribution < 1.29 is 5.11 Å². The van der Waals surface area contributed by atoms with E-state index in [4.69, 9.17) is 0 Å². The summed E-state index contributed by atoms with van der Waals surface area (Å²) in [4.78, 5) is 4.61. The smallest absolute Gasteiger partial charge is 0.144 e. The topological polar surface area (TPSA) is 45.2 Å². The number of pyridine rings is 1. The van der Waals surface area contributed by atoms with Crippen LogP contribution < -0.4 is 5.32 Å². The van der Waals surface area contributed by atoms with E-state index in [0.717, 1.165) is 32.4 Å². The molecular formula is C22H29BrN2O. The lowest BCUT2D eigenvalue weighted by Crippen LogP contribution is -2.02. The number of nitrogens with one attached hydrogen (secondary N) is 1. The molecule has 3 aromatic rings. The second-order valence-electron chi connectivity index (χ2n) is 5.42. The van der Waals surface area contributed by atoms with E-state index >= 15 is 0 Å². The largest absolute Gasteiger partial charge is 0.505 e. The second-order valence-corrected chi connectivity index (χ2v) is 6.33. The summed E-state index contributed by atoms with van der Waals surface area (Å²) in [5, 5.41) is 14.6. The average molecular weight is 417 g/mol. The fraction of sp³-hybridized carbons (Fsp3) is 0.318. The molecule has 0 aliphatic heterocycles. The van der Waals surface area contributed by atoms with E-state index in [1.807, 2.05) is 84.0 Å². The fourth-order valence-electron chi connectivity index (χ4n) is 2.51. The van der Waals surface area contributed by atoms with Crippen molar-refractivity contribution in [1.29, 1.82) is 0 Å². The standard InChI is InChI=1S/C18H17BrN2O.2C2H6/c1-11-9-12(2)18(22)17-16(11)8-7-15(21-17)10-20-14-5-3-13(19)4-6-14;2*1-2/h3-9,20,22H,10H2,1-2H3;2*1-2H3. The first kappa shape index (κ1) is 22.0. The van der Waals surface area contributed by atoms with E-state index in [1.165, 1.54) is 0 Å². The number of aromatic nitrogens is 1. The van der Waals surface area contributed by atoms with Crippen LogP contribution in [0.25, 0.3) is 10.9 Å². The number of benzene rings is 2. The van der Waals surface area contributed by atoms with Crippen LogP contribution in [0.1, 0.15) is 44.5 Å². The van der Waals surface area contributed by atoms with Gasteiger partial charge in [0.1, 0.15) is 11.3 Å². The monoisotopic (exact) mass is 416 g/mol. The van der Waals surface area contributed by atoms with Crippen LogP contribution in [-0.4, -0.2) is 10.1 Å². The summed E-state index contributed by atoms with van der Waals surface area (Å²) in [6.45, 7) is 12.6. The predicted octanol–water partition coefficient (Wildman–Crippen LogP) is 6.98. The Bertz CT molecular complexity index is 830. The molecular weight excluding hydrogens is 388 g/mol. The Morgan fingerprint density at radius 3 is 2.15 bits per heavy atom. The van der Waals surface area contributed by atoms with Gasteiger partial charge in [0.2, 0.25) is 0 Å². The first-order valence-corrected chi connectivity index (χ1v) is 9.92. The zero-order chi connectivity index (χ0) is 19.7. The molecule has 2 N–H and O–H groups in total. The normalized spacial score (nSPS) is 9.65. The molecule has 0 unspecified atom stereocenters. The average Bonchev–Trinajstić information content (AvgIpc) is 2.69. The van der Waals surface area contributed by atoms with Crippen molar-refractivity contribution in [3.63, 3.8) is 0 Å². The summed E-state index contributed by atoms with van der Waals surface area (Å²) in [5.74, 6) is 0.270. The third kappa shape index (κ3) is 5.46. The second kappa shape index (κ2) is 10.8. The Labute approximate surface area is 165 Å². The number of rotatable bonds is 3. The molecule has 0 bridgehead atoms. The molecule has 0 spiro atoms. The molecule has 1 heterocycles. The lowest BCUT2D eigenvalue weighted by atomic mass is 10.0. The molecule has 0 amide bonds. The van der Waals surface area contributed by atoms with Crippen LogP contribution in [0.5, 0.6) is 5.75 Å². The summed E-state index contributed by atoms with van der Waals surface area (Å²) in [6, 6.07) is 14.0. The zero-order valence-electron chi connectivity index (χ0n) is 16.5. The minimum absolute atomic E-state index is 0.270. The summed E-state index contributed by atoms with van der Waals surface area (Å²) in [7, 11) is 0. The first-order valence-electron chi connectivity index (χ1n) is 9.13. The van der Waals surface area contributed by atoms with E-state index in [1.54, 1.807) is 0 Å². The number of anilines is 1. The SMILES string of the molecule is CC.CC.Cc1cc(C)c2ccc(CNc3ccc(Br)cc3)nc2c1O. The Balaban J connectivity index is 0.000000791. The van der Waals surface area contributed by atoms with Crippen molar-refractivity contribution in [2.75, 3.05) is 5.32 Å². The van der Waals surface area contributed by atoms with Crippen LogP contribution in [-0.2, 0) is 6.54 Å². The minimum atomic E-state index is 0.270. The van der Waals surface area contributed by atoms with E-state index in [2.05, 4.69) is 26.2 Å². The Hall–Kier alpha value is -2.07. The highest BCUT2D eigenvalue weighted by Gasteiger charge is 2.09. The van der Waals surface area contributed by atoms with Crippen LogP contribution >= 0.6 is 15.9 Å². The van der Waals surface area contributed by atoms with Crippen LogP contribution in [0.4, 0.5) is 5.69 Å². The third-order valence-electron chi connectivity index (χ3n) is 3.73. The van der Waals surface area contributed by atoms with Gasteiger partial charge in [-0.15, -0.1) is 0 Å². The summed E-state index contributed by atoms with van der Waals surface area (Å²) in [5.41, 5.74) is 4.60. The quantitative estimate of drug-likeness (QED) is 0.483. The maximum Gasteiger partial charge on any atom is 0.144 e. The lowest BCUT2D eigenvalue weighted by Gasteiger charge is -2.10. The number of phenols is 1. The molecule has 0 saturated carbocycles. The minimum Gasteiger partial charge on any atom is -0.505 e. The van der Waals surface area contributed by atoms with E-state index in [9.17, 15) is 5.11 Å². The summed E-state index contributed by atoms with van der Waals surface area (Å²) < 4.78 is 1.05. The van der Waals surface area contributed by atoms with Crippen LogP contribution in [0.3, 0.4) is 0 Å². The predicted molar refractivity (Wildman–Crippen MR) is 117 cm³/mol. The molecule has 0 atom stereocenters. The van der Waals surface area contributed by atoms with Crippen molar-refractivity contribution >= 4 is 32.5 Å². The number of nitrogens with zero attached hydrogens (tertiary/aromatic N) is 1. The van der Waals surface area contributed by atoms with Crippen LogP contribution in [0, 0.1) is 13.8 Å². The number of hydrogen-bond acceptors (Lipinski definition) is 3. The molecule has 3 nitrogen and oxygen atoms in total. The number of halogens is 1. The Morgan fingerprint density at radius 1 is 0.923 bits per heavy atom. The zero-order valence-corrected chi connectivity index (χ0v) is 18.1. The van der Waals surface area contributed by atoms with E-state index < -0.39 is 0 Å². The van der Waals surface area contributed by atoms with Crippen LogP contribution in [0.15, 0.2) is 46.9 Å². The molecule has 0 aliphatic rings. The lowest BCUT2D eigenvalue weighted by molar-refractivity contribution is 0.476. The third-order valence-corrected chi connectivity index (χ3v) is 4.26. The van der Waals surface area contributed by atoms with Gasteiger partial charge in [-0.1, -0.05) is 55.8 Å². The maximum absolute atomic E-state index is 10.2. The van der Waals surface area contributed by atoms with E-state index in [-0.39, 0.29) is 5.75 Å². The number of phenolic OH excluding ortho intramolecular Hbond substituents is 1. The molecule has 3 rings (SSSR count). The Morgan fingerprint density at radius 2 is 1.54 bits per heavy atom. The van der Waals surface area contributed by atoms with Gasteiger partial charge in [-0.05, 0) is 55.3 Å². The number of aryl methyl sites for hydroxylation is 2. The van der Waals surface area contributed by atoms with Crippen LogP contribution in [0.2, 0.25) is 0 Å². The molecule has 4 heteroatoms. The van der Waals surface area contributed by atoms with Crippen molar-refractivity contribution in [2.24, 2.45) is 0 Å². The molecule has 140 valence electrons.